The van der Waals surface area contributed by atoms with Crippen LogP contribution in [0.4, 0.5) is 0 Å². The average molecular weight is 215 g/mol. The lowest BCUT2D eigenvalue weighted by Gasteiger charge is -2.24. The molecule has 0 aliphatic heterocycles. The first kappa shape index (κ1) is 12.9. The zero-order valence-electron chi connectivity index (χ0n) is 9.78. The van der Waals surface area contributed by atoms with Gasteiger partial charge in [-0.2, -0.15) is 0 Å². The Kier molecular flexibility index (Phi) is 6.22. The molecule has 2 atom stereocenters. The molecule has 3 nitrogen and oxygen atoms in total. The molecule has 1 aliphatic carbocycles. The van der Waals surface area contributed by atoms with Crippen LogP contribution in [0.25, 0.3) is 0 Å². The number of rotatable bonds is 5. The zero-order valence-corrected chi connectivity index (χ0v) is 9.78. The average Bonchev–Trinajstić information content (AvgIpc) is 2.53. The van der Waals surface area contributed by atoms with Gasteiger partial charge in [-0.3, -0.25) is 0 Å². The summed E-state index contributed by atoms with van der Waals surface area (Å²) in [5, 5.41) is 21.3. The maximum absolute atomic E-state index is 9.25. The summed E-state index contributed by atoms with van der Waals surface area (Å²) in [7, 11) is 0. The van der Waals surface area contributed by atoms with E-state index in [1.807, 2.05) is 0 Å². The largest absolute Gasteiger partial charge is 0.394 e. The van der Waals surface area contributed by atoms with Gasteiger partial charge >= 0.3 is 0 Å². The third-order valence-electron chi connectivity index (χ3n) is 3.49. The zero-order chi connectivity index (χ0) is 11.1. The van der Waals surface area contributed by atoms with Crippen LogP contribution in [0.1, 0.15) is 45.4 Å². The van der Waals surface area contributed by atoms with Crippen LogP contribution in [0.2, 0.25) is 0 Å². The SMILES string of the molecule is C[C@H](NC[C@H](O)CO)C1CCCCCC1. The van der Waals surface area contributed by atoms with Gasteiger partial charge in [-0.25, -0.2) is 0 Å². The fraction of sp³-hybridized carbons (Fsp3) is 1.00. The predicted octanol–water partition coefficient (Wildman–Crippen LogP) is 1.29. The number of aliphatic hydroxyl groups excluding tert-OH is 2. The molecule has 1 rings (SSSR count). The Morgan fingerprint density at radius 2 is 1.80 bits per heavy atom. The molecule has 3 heteroatoms. The maximum atomic E-state index is 9.25. The van der Waals surface area contributed by atoms with Crippen LogP contribution in [0, 0.1) is 5.92 Å². The fourth-order valence-corrected chi connectivity index (χ4v) is 2.36. The number of hydrogen-bond acceptors (Lipinski definition) is 3. The normalized spacial score (nSPS) is 23.4. The van der Waals surface area contributed by atoms with E-state index in [1.54, 1.807) is 0 Å². The standard InChI is InChI=1S/C12H25NO2/c1-10(13-8-12(15)9-14)11-6-4-2-3-5-7-11/h10-15H,2-9H2,1H3/t10-,12-/m0/s1. The number of hydrogen-bond donors (Lipinski definition) is 3. The van der Waals surface area contributed by atoms with Crippen molar-refractivity contribution in [2.45, 2.75) is 57.6 Å². The van der Waals surface area contributed by atoms with Crippen molar-refractivity contribution in [2.24, 2.45) is 5.92 Å². The van der Waals surface area contributed by atoms with E-state index in [-0.39, 0.29) is 6.61 Å². The summed E-state index contributed by atoms with van der Waals surface area (Å²) in [4.78, 5) is 0. The van der Waals surface area contributed by atoms with Gasteiger partial charge in [0.1, 0.15) is 0 Å². The Bertz CT molecular complexity index is 156. The van der Waals surface area contributed by atoms with Crippen LogP contribution >= 0.6 is 0 Å². The van der Waals surface area contributed by atoms with Gasteiger partial charge in [0.25, 0.3) is 0 Å². The van der Waals surface area contributed by atoms with Crippen molar-refractivity contribution in [1.29, 1.82) is 0 Å². The molecule has 0 saturated heterocycles. The third kappa shape index (κ3) is 4.96. The van der Waals surface area contributed by atoms with Gasteiger partial charge in [0, 0.05) is 12.6 Å². The highest BCUT2D eigenvalue weighted by molar-refractivity contribution is 4.75. The Balaban J connectivity index is 2.22. The van der Waals surface area contributed by atoms with Crippen LogP contribution in [-0.4, -0.2) is 35.5 Å². The minimum atomic E-state index is -0.613. The van der Waals surface area contributed by atoms with E-state index in [0.717, 1.165) is 5.92 Å². The second-order valence-corrected chi connectivity index (χ2v) is 4.78. The fourth-order valence-electron chi connectivity index (χ4n) is 2.36. The molecule has 0 amide bonds. The first-order valence-corrected chi connectivity index (χ1v) is 6.26. The molecule has 0 aromatic rings. The molecule has 0 aromatic heterocycles. The van der Waals surface area contributed by atoms with Gasteiger partial charge in [-0.05, 0) is 25.7 Å². The summed E-state index contributed by atoms with van der Waals surface area (Å²) in [5.74, 6) is 0.749. The van der Waals surface area contributed by atoms with Crippen molar-refractivity contribution in [3.63, 3.8) is 0 Å². The van der Waals surface area contributed by atoms with Gasteiger partial charge in [-0.15, -0.1) is 0 Å². The van der Waals surface area contributed by atoms with Gasteiger partial charge in [-0.1, -0.05) is 25.7 Å². The molecule has 0 heterocycles. The van der Waals surface area contributed by atoms with E-state index >= 15 is 0 Å². The second kappa shape index (κ2) is 7.20. The van der Waals surface area contributed by atoms with Crippen molar-refractivity contribution in [3.05, 3.63) is 0 Å². The molecule has 0 unspecified atom stereocenters. The summed E-state index contributed by atoms with van der Waals surface area (Å²) < 4.78 is 0. The minimum Gasteiger partial charge on any atom is -0.394 e. The Labute approximate surface area is 92.9 Å². The van der Waals surface area contributed by atoms with Gasteiger partial charge < -0.3 is 15.5 Å². The molecule has 0 aromatic carbocycles. The van der Waals surface area contributed by atoms with Gasteiger partial charge in [0.05, 0.1) is 12.7 Å². The molecule has 1 fully saturated rings. The predicted molar refractivity (Wildman–Crippen MR) is 61.7 cm³/mol. The van der Waals surface area contributed by atoms with Crippen molar-refractivity contribution >= 4 is 0 Å². The topological polar surface area (TPSA) is 52.5 Å². The maximum Gasteiger partial charge on any atom is 0.0895 e. The molecule has 3 N–H and O–H groups in total. The number of aliphatic hydroxyl groups is 2. The first-order valence-electron chi connectivity index (χ1n) is 6.26. The van der Waals surface area contributed by atoms with E-state index in [9.17, 15) is 5.11 Å². The third-order valence-corrected chi connectivity index (χ3v) is 3.49. The molecular formula is C12H25NO2. The van der Waals surface area contributed by atoms with Crippen LogP contribution in [0.5, 0.6) is 0 Å². The monoisotopic (exact) mass is 215 g/mol. The summed E-state index contributed by atoms with van der Waals surface area (Å²) >= 11 is 0. The summed E-state index contributed by atoms with van der Waals surface area (Å²) in [5.41, 5.74) is 0. The lowest BCUT2D eigenvalue weighted by Crippen LogP contribution is -2.39. The summed E-state index contributed by atoms with van der Waals surface area (Å²) in [6, 6.07) is 0.462. The van der Waals surface area contributed by atoms with Crippen LogP contribution in [0.3, 0.4) is 0 Å². The van der Waals surface area contributed by atoms with E-state index in [1.165, 1.54) is 38.5 Å². The van der Waals surface area contributed by atoms with Crippen molar-refractivity contribution < 1.29 is 10.2 Å². The highest BCUT2D eigenvalue weighted by Gasteiger charge is 2.18. The summed E-state index contributed by atoms with van der Waals surface area (Å²) in [6.07, 6.45) is 7.45. The Morgan fingerprint density at radius 3 is 2.33 bits per heavy atom. The quantitative estimate of drug-likeness (QED) is 0.606. The van der Waals surface area contributed by atoms with Crippen molar-refractivity contribution in [3.8, 4) is 0 Å². The highest BCUT2D eigenvalue weighted by Crippen LogP contribution is 2.25. The molecular weight excluding hydrogens is 190 g/mol. The van der Waals surface area contributed by atoms with Crippen LogP contribution < -0.4 is 5.32 Å². The van der Waals surface area contributed by atoms with Crippen molar-refractivity contribution in [2.75, 3.05) is 13.2 Å². The molecule has 90 valence electrons. The summed E-state index contributed by atoms with van der Waals surface area (Å²) in [6.45, 7) is 2.55. The molecule has 0 bridgehead atoms. The van der Waals surface area contributed by atoms with E-state index in [4.69, 9.17) is 5.11 Å². The first-order chi connectivity index (χ1) is 7.24. The number of nitrogens with one attached hydrogen (secondary N) is 1. The minimum absolute atomic E-state index is 0.148. The lowest BCUT2D eigenvalue weighted by molar-refractivity contribution is 0.0898. The Morgan fingerprint density at radius 1 is 1.20 bits per heavy atom. The molecule has 1 saturated carbocycles. The molecule has 0 spiro atoms. The lowest BCUT2D eigenvalue weighted by atomic mass is 9.93. The van der Waals surface area contributed by atoms with E-state index < -0.39 is 6.10 Å². The van der Waals surface area contributed by atoms with E-state index in [0.29, 0.717) is 12.6 Å². The second-order valence-electron chi connectivity index (χ2n) is 4.78. The smallest absolute Gasteiger partial charge is 0.0895 e. The van der Waals surface area contributed by atoms with Gasteiger partial charge in [0.15, 0.2) is 0 Å². The molecule has 1 aliphatic rings. The van der Waals surface area contributed by atoms with Crippen molar-refractivity contribution in [1.82, 2.24) is 5.32 Å². The molecule has 0 radical (unpaired) electrons. The Hall–Kier alpha value is -0.120. The molecule has 15 heavy (non-hydrogen) atoms. The highest BCUT2D eigenvalue weighted by atomic mass is 16.3. The van der Waals surface area contributed by atoms with Crippen LogP contribution in [0.15, 0.2) is 0 Å². The van der Waals surface area contributed by atoms with Gasteiger partial charge in [0.2, 0.25) is 0 Å². The van der Waals surface area contributed by atoms with E-state index in [2.05, 4.69) is 12.2 Å². The van der Waals surface area contributed by atoms with Crippen LogP contribution in [-0.2, 0) is 0 Å².